The molecule has 2 aromatic carbocycles. The van der Waals surface area contributed by atoms with Crippen LogP contribution in [0.1, 0.15) is 16.7 Å². The third-order valence-electron chi connectivity index (χ3n) is 4.15. The monoisotopic (exact) mass is 394 g/mol. The van der Waals surface area contributed by atoms with Gasteiger partial charge in [-0.1, -0.05) is 54.2 Å². The van der Waals surface area contributed by atoms with E-state index in [1.807, 2.05) is 50.2 Å². The molecule has 0 saturated carbocycles. The van der Waals surface area contributed by atoms with Gasteiger partial charge in [0.15, 0.2) is 17.4 Å². The summed E-state index contributed by atoms with van der Waals surface area (Å²) in [6.45, 7) is 4.02. The number of aromatic nitrogens is 1. The Morgan fingerprint density at radius 1 is 1.00 bits per heavy atom. The molecule has 3 aromatic rings. The van der Waals surface area contributed by atoms with Crippen molar-refractivity contribution in [2.75, 3.05) is 5.32 Å². The minimum atomic E-state index is -0.175. The fourth-order valence-corrected chi connectivity index (χ4v) is 3.11. The van der Waals surface area contributed by atoms with E-state index < -0.39 is 0 Å². The number of anilines is 1. The smallest absolute Gasteiger partial charge is 0.238 e. The standard InChI is InChI=1S/C22H19ClN2OS/c1-15-6-7-16(2)19(14-15)24-22(27)20(25-12-4-3-5-13-25)21(26)17-8-10-18(23)11-9-17/h3-14H,1-2H3,(H-,24,26,27). The Bertz CT molecular complexity index is 999. The summed E-state index contributed by atoms with van der Waals surface area (Å²) in [7, 11) is 0. The highest BCUT2D eigenvalue weighted by atomic mass is 35.5. The average Bonchev–Trinajstić information content (AvgIpc) is 2.66. The molecule has 0 fully saturated rings. The van der Waals surface area contributed by atoms with Crippen molar-refractivity contribution in [2.24, 2.45) is 0 Å². The second kappa shape index (κ2) is 8.33. The molecule has 0 saturated heterocycles. The van der Waals surface area contributed by atoms with Crippen molar-refractivity contribution in [1.29, 1.82) is 0 Å². The van der Waals surface area contributed by atoms with Crippen LogP contribution in [0.2, 0.25) is 5.02 Å². The number of benzene rings is 2. The molecular weight excluding hydrogens is 376 g/mol. The van der Waals surface area contributed by atoms with Crippen molar-refractivity contribution in [3.8, 4) is 0 Å². The maximum Gasteiger partial charge on any atom is 0.238 e. The van der Waals surface area contributed by atoms with Crippen LogP contribution in [-0.2, 0) is 0 Å². The average molecular weight is 395 g/mol. The molecule has 3 nitrogen and oxygen atoms in total. The Labute approximate surface area is 169 Å². The van der Waals surface area contributed by atoms with E-state index in [4.69, 9.17) is 23.8 Å². The van der Waals surface area contributed by atoms with Crippen molar-refractivity contribution in [3.05, 3.63) is 94.8 Å². The third kappa shape index (κ3) is 4.54. The summed E-state index contributed by atoms with van der Waals surface area (Å²) >= 11 is 11.6. The first-order chi connectivity index (χ1) is 13.0. The second-order valence-electron chi connectivity index (χ2n) is 6.24. The molecule has 0 spiro atoms. The zero-order valence-corrected chi connectivity index (χ0v) is 16.6. The van der Waals surface area contributed by atoms with Gasteiger partial charge in [0.25, 0.3) is 0 Å². The first kappa shape index (κ1) is 19.1. The highest BCUT2D eigenvalue weighted by Crippen LogP contribution is 2.21. The van der Waals surface area contributed by atoms with Crippen LogP contribution in [0, 0.1) is 13.8 Å². The summed E-state index contributed by atoms with van der Waals surface area (Å²) in [4.78, 5) is 0.361. The van der Waals surface area contributed by atoms with E-state index >= 15 is 0 Å². The lowest BCUT2D eigenvalue weighted by Crippen LogP contribution is -2.39. The Morgan fingerprint density at radius 3 is 2.33 bits per heavy atom. The van der Waals surface area contributed by atoms with Gasteiger partial charge in [-0.15, -0.1) is 0 Å². The van der Waals surface area contributed by atoms with Gasteiger partial charge >= 0.3 is 0 Å². The van der Waals surface area contributed by atoms with Gasteiger partial charge in [0.1, 0.15) is 0 Å². The molecular formula is C22H19ClN2OS. The zero-order chi connectivity index (χ0) is 19.4. The minimum Gasteiger partial charge on any atom is -0.867 e. The molecule has 0 unspecified atom stereocenters. The third-order valence-corrected chi connectivity index (χ3v) is 4.70. The number of hydrogen-bond donors (Lipinski definition) is 1. The molecule has 1 heterocycles. The van der Waals surface area contributed by atoms with Crippen LogP contribution in [0.15, 0.2) is 73.1 Å². The van der Waals surface area contributed by atoms with Crippen molar-refractivity contribution in [1.82, 2.24) is 0 Å². The largest absolute Gasteiger partial charge is 0.867 e. The van der Waals surface area contributed by atoms with Crippen molar-refractivity contribution < 1.29 is 9.67 Å². The molecule has 27 heavy (non-hydrogen) atoms. The SMILES string of the molecule is Cc1ccc(C)c(NC(=S)/C(=C(\[O-])c2ccc(Cl)cc2)[n+]2ccccc2)c1. The lowest BCUT2D eigenvalue weighted by Gasteiger charge is -2.18. The Kier molecular flexibility index (Phi) is 5.89. The highest BCUT2D eigenvalue weighted by molar-refractivity contribution is 7.81. The Morgan fingerprint density at radius 2 is 1.67 bits per heavy atom. The van der Waals surface area contributed by atoms with E-state index in [1.54, 1.807) is 41.2 Å². The number of hydrogen-bond acceptors (Lipinski definition) is 2. The molecule has 3 rings (SSSR count). The maximum atomic E-state index is 13.2. The topological polar surface area (TPSA) is 39.0 Å². The van der Waals surface area contributed by atoms with Gasteiger partial charge in [-0.2, -0.15) is 4.57 Å². The van der Waals surface area contributed by atoms with Gasteiger partial charge in [0.05, 0.1) is 0 Å². The van der Waals surface area contributed by atoms with E-state index in [-0.39, 0.29) is 5.76 Å². The second-order valence-corrected chi connectivity index (χ2v) is 7.08. The van der Waals surface area contributed by atoms with E-state index in [0.717, 1.165) is 16.8 Å². The van der Waals surface area contributed by atoms with Crippen molar-refractivity contribution in [3.63, 3.8) is 0 Å². The Hall–Kier alpha value is -2.69. The van der Waals surface area contributed by atoms with Crippen LogP contribution in [0.3, 0.4) is 0 Å². The number of rotatable bonds is 4. The van der Waals surface area contributed by atoms with E-state index in [1.165, 1.54) is 0 Å². The van der Waals surface area contributed by atoms with Crippen LogP contribution < -0.4 is 15.0 Å². The number of thiocarbonyl (C=S) groups is 1. The van der Waals surface area contributed by atoms with Gasteiger partial charge in [-0.25, -0.2) is 0 Å². The summed E-state index contributed by atoms with van der Waals surface area (Å²) in [5.74, 6) is -0.175. The van der Waals surface area contributed by atoms with Gasteiger partial charge in [-0.3, -0.25) is 0 Å². The first-order valence-electron chi connectivity index (χ1n) is 8.48. The van der Waals surface area contributed by atoms with Gasteiger partial charge in [-0.05, 0) is 54.5 Å². The lowest BCUT2D eigenvalue weighted by atomic mass is 10.1. The van der Waals surface area contributed by atoms with E-state index in [9.17, 15) is 5.11 Å². The molecule has 0 radical (unpaired) electrons. The molecule has 1 N–H and O–H groups in total. The molecule has 0 amide bonds. The predicted octanol–water partition coefficient (Wildman–Crippen LogP) is 4.37. The summed E-state index contributed by atoms with van der Waals surface area (Å²) < 4.78 is 1.73. The highest BCUT2D eigenvalue weighted by Gasteiger charge is 2.19. The van der Waals surface area contributed by atoms with Crippen LogP contribution in [0.4, 0.5) is 5.69 Å². The minimum absolute atomic E-state index is 0.175. The van der Waals surface area contributed by atoms with E-state index in [0.29, 0.717) is 21.3 Å². The van der Waals surface area contributed by atoms with Crippen LogP contribution in [-0.4, -0.2) is 4.99 Å². The Balaban J connectivity index is 2.07. The summed E-state index contributed by atoms with van der Waals surface area (Å²) in [5, 5.41) is 17.0. The van der Waals surface area contributed by atoms with Crippen molar-refractivity contribution in [2.45, 2.75) is 13.8 Å². The number of pyridine rings is 1. The van der Waals surface area contributed by atoms with Crippen molar-refractivity contribution >= 4 is 46.0 Å². The van der Waals surface area contributed by atoms with E-state index in [2.05, 4.69) is 5.32 Å². The molecule has 1 aromatic heterocycles. The number of halogens is 1. The lowest BCUT2D eigenvalue weighted by molar-refractivity contribution is -0.577. The first-order valence-corrected chi connectivity index (χ1v) is 9.27. The van der Waals surface area contributed by atoms with Crippen LogP contribution in [0.25, 0.3) is 11.5 Å². The molecule has 0 aliphatic rings. The maximum absolute atomic E-state index is 13.2. The zero-order valence-electron chi connectivity index (χ0n) is 15.1. The molecule has 136 valence electrons. The molecule has 0 aliphatic carbocycles. The molecule has 0 atom stereocenters. The van der Waals surface area contributed by atoms with Gasteiger partial charge < -0.3 is 10.4 Å². The van der Waals surface area contributed by atoms with Crippen LogP contribution >= 0.6 is 23.8 Å². The van der Waals surface area contributed by atoms with Gasteiger partial charge in [0, 0.05) is 22.8 Å². The fraction of sp³-hybridized carbons (Fsp3) is 0.0909. The molecule has 5 heteroatoms. The van der Waals surface area contributed by atoms with Gasteiger partial charge in [0.2, 0.25) is 5.70 Å². The number of aryl methyl sites for hydroxylation is 2. The summed E-state index contributed by atoms with van der Waals surface area (Å²) in [6, 6.07) is 18.5. The summed E-state index contributed by atoms with van der Waals surface area (Å²) in [5.41, 5.74) is 3.96. The number of nitrogens with zero attached hydrogens (tertiary/aromatic N) is 1. The quantitative estimate of drug-likeness (QED) is 0.309. The summed E-state index contributed by atoms with van der Waals surface area (Å²) in [6.07, 6.45) is 3.61. The predicted molar refractivity (Wildman–Crippen MR) is 113 cm³/mol. The molecule has 0 aliphatic heterocycles. The normalized spacial score (nSPS) is 11.7. The van der Waals surface area contributed by atoms with Crippen LogP contribution in [0.5, 0.6) is 0 Å². The fourth-order valence-electron chi connectivity index (χ4n) is 2.68. The molecule has 0 bridgehead atoms. The number of nitrogens with one attached hydrogen (secondary N) is 1.